The quantitative estimate of drug-likeness (QED) is 0.771. The number of unbranched alkanes of at least 4 members (excludes halogenated alkanes) is 1. The van der Waals surface area contributed by atoms with E-state index in [1.165, 1.54) is 0 Å². The second-order valence-electron chi connectivity index (χ2n) is 5.19. The van der Waals surface area contributed by atoms with Crippen molar-refractivity contribution in [1.29, 1.82) is 0 Å². The van der Waals surface area contributed by atoms with E-state index in [1.54, 1.807) is 18.2 Å². The fourth-order valence-corrected chi connectivity index (χ4v) is 3.40. The zero-order chi connectivity index (χ0) is 16.2. The maximum absolute atomic E-state index is 11.6. The first-order valence-corrected chi connectivity index (χ1v) is 8.88. The molecule has 1 aromatic rings. The highest BCUT2D eigenvalue weighted by molar-refractivity contribution is 7.89. The Morgan fingerprint density at radius 3 is 2.86 bits per heavy atom. The Hall–Kier alpha value is -1.89. The number of ether oxygens (including phenoxy) is 1. The third-order valence-electron chi connectivity index (χ3n) is 3.45. The average molecular weight is 324 g/mol. The number of hydrogen-bond acceptors (Lipinski definition) is 5. The highest BCUT2D eigenvalue weighted by Gasteiger charge is 2.24. The summed E-state index contributed by atoms with van der Waals surface area (Å²) in [5.74, 6) is 0.595. The number of nitrogens with two attached hydrogens (primary N) is 1. The summed E-state index contributed by atoms with van der Waals surface area (Å²) in [6.07, 6.45) is 2.66. The highest BCUT2D eigenvalue weighted by atomic mass is 32.2. The van der Waals surface area contributed by atoms with Crippen molar-refractivity contribution >= 4 is 21.6 Å². The minimum atomic E-state index is -3.53. The van der Waals surface area contributed by atoms with E-state index < -0.39 is 10.0 Å². The molecule has 2 rings (SSSR count). The van der Waals surface area contributed by atoms with Crippen LogP contribution in [0.1, 0.15) is 43.7 Å². The van der Waals surface area contributed by atoms with Crippen molar-refractivity contribution in [2.24, 2.45) is 10.1 Å². The van der Waals surface area contributed by atoms with E-state index >= 15 is 0 Å². The highest BCUT2D eigenvalue weighted by Crippen LogP contribution is 2.28. The molecule has 0 spiro atoms. The number of fused-ring (bicyclic) bond motifs is 1. The summed E-state index contributed by atoms with van der Waals surface area (Å²) in [6.45, 7) is 2.30. The molecule has 2 N–H and O–H groups in total. The molecule has 0 radical (unpaired) electrons. The molecule has 1 aliphatic rings. The standard InChI is InChI=1S/C15H20N2O4S/c1-2-12(18)7-3-4-9-21-13-8-5-6-11-10-22(19,20)17-15(16)14(11)13/h5-6,8H,2-4,7,9-10H2,1H3,(H2,16,17). The molecule has 22 heavy (non-hydrogen) atoms. The fourth-order valence-electron chi connectivity index (χ4n) is 2.32. The maximum Gasteiger partial charge on any atom is 0.259 e. The number of Topliss-reactive ketones (excluding diaryl/α,β-unsaturated/α-hetero) is 1. The molecule has 6 nitrogen and oxygen atoms in total. The second kappa shape index (κ2) is 6.91. The topological polar surface area (TPSA) is 98.8 Å². The van der Waals surface area contributed by atoms with Crippen molar-refractivity contribution in [3.8, 4) is 5.75 Å². The van der Waals surface area contributed by atoms with Gasteiger partial charge in [-0.2, -0.15) is 0 Å². The summed E-state index contributed by atoms with van der Waals surface area (Å²) < 4.78 is 32.4. The van der Waals surface area contributed by atoms with Gasteiger partial charge in [0.05, 0.1) is 17.9 Å². The van der Waals surface area contributed by atoms with Crippen LogP contribution in [-0.2, 0) is 20.6 Å². The Bertz CT molecular complexity index is 695. The fraction of sp³-hybridized carbons (Fsp3) is 0.467. The first-order valence-electron chi connectivity index (χ1n) is 7.28. The smallest absolute Gasteiger partial charge is 0.259 e. The van der Waals surface area contributed by atoms with Crippen LogP contribution in [0.2, 0.25) is 0 Å². The van der Waals surface area contributed by atoms with Gasteiger partial charge in [-0.05, 0) is 24.5 Å². The summed E-state index contributed by atoms with van der Waals surface area (Å²) in [4.78, 5) is 11.2. The van der Waals surface area contributed by atoms with Gasteiger partial charge < -0.3 is 10.5 Å². The van der Waals surface area contributed by atoms with Gasteiger partial charge in [0.15, 0.2) is 0 Å². The van der Waals surface area contributed by atoms with Crippen LogP contribution in [0.3, 0.4) is 0 Å². The van der Waals surface area contributed by atoms with Crippen molar-refractivity contribution in [3.63, 3.8) is 0 Å². The van der Waals surface area contributed by atoms with Gasteiger partial charge in [0.2, 0.25) is 0 Å². The third-order valence-corrected chi connectivity index (χ3v) is 4.60. The van der Waals surface area contributed by atoms with Gasteiger partial charge in [-0.25, -0.2) is 8.42 Å². The molecule has 0 fully saturated rings. The lowest BCUT2D eigenvalue weighted by molar-refractivity contribution is -0.118. The van der Waals surface area contributed by atoms with Gasteiger partial charge in [0.1, 0.15) is 17.4 Å². The summed E-state index contributed by atoms with van der Waals surface area (Å²) in [5, 5.41) is 0. The molecule has 0 aromatic heterocycles. The van der Waals surface area contributed by atoms with Gasteiger partial charge in [-0.15, -0.1) is 4.40 Å². The number of carbonyl (C=O) groups is 1. The first-order chi connectivity index (χ1) is 10.4. The van der Waals surface area contributed by atoms with E-state index in [9.17, 15) is 13.2 Å². The van der Waals surface area contributed by atoms with Crippen molar-refractivity contribution in [2.45, 2.75) is 38.4 Å². The number of nitrogens with zero attached hydrogens (tertiary/aromatic N) is 1. The number of hydrogen-bond donors (Lipinski definition) is 1. The molecule has 0 saturated carbocycles. The Morgan fingerprint density at radius 1 is 1.36 bits per heavy atom. The zero-order valence-electron chi connectivity index (χ0n) is 12.5. The van der Waals surface area contributed by atoms with Gasteiger partial charge in [-0.1, -0.05) is 19.1 Å². The number of sulfonamides is 1. The summed E-state index contributed by atoms with van der Waals surface area (Å²) in [6, 6.07) is 5.19. The summed E-state index contributed by atoms with van der Waals surface area (Å²) in [5.41, 5.74) is 6.92. The SMILES string of the molecule is CCC(=O)CCCCOc1cccc2c1C(N)=NS(=O)(=O)C2. The van der Waals surface area contributed by atoms with Crippen LogP contribution in [0.4, 0.5) is 0 Å². The minimum Gasteiger partial charge on any atom is -0.493 e. The number of rotatable bonds is 7. The predicted octanol–water partition coefficient (Wildman–Crippen LogP) is 1.76. The van der Waals surface area contributed by atoms with Crippen LogP contribution >= 0.6 is 0 Å². The van der Waals surface area contributed by atoms with E-state index in [1.807, 2.05) is 6.92 Å². The summed E-state index contributed by atoms with van der Waals surface area (Å²) in [7, 11) is -3.53. The molecule has 1 heterocycles. The van der Waals surface area contributed by atoms with Crippen LogP contribution in [0.5, 0.6) is 5.75 Å². The number of carbonyl (C=O) groups excluding carboxylic acids is 1. The maximum atomic E-state index is 11.6. The van der Waals surface area contributed by atoms with Gasteiger partial charge in [0.25, 0.3) is 10.0 Å². The van der Waals surface area contributed by atoms with Crippen LogP contribution in [-0.4, -0.2) is 26.6 Å². The molecule has 1 aromatic carbocycles. The van der Waals surface area contributed by atoms with Crippen molar-refractivity contribution < 1.29 is 17.9 Å². The average Bonchev–Trinajstić information content (AvgIpc) is 2.44. The molecule has 0 unspecified atom stereocenters. The second-order valence-corrected chi connectivity index (χ2v) is 6.83. The summed E-state index contributed by atoms with van der Waals surface area (Å²) >= 11 is 0. The van der Waals surface area contributed by atoms with E-state index in [0.717, 1.165) is 12.8 Å². The lowest BCUT2D eigenvalue weighted by Gasteiger charge is -2.18. The molecule has 0 bridgehead atoms. The van der Waals surface area contributed by atoms with Crippen molar-refractivity contribution in [3.05, 3.63) is 29.3 Å². The van der Waals surface area contributed by atoms with Crippen LogP contribution in [0, 0.1) is 0 Å². The third kappa shape index (κ3) is 4.07. The largest absolute Gasteiger partial charge is 0.493 e. The molecule has 0 atom stereocenters. The normalized spacial score (nSPS) is 15.8. The predicted molar refractivity (Wildman–Crippen MR) is 84.4 cm³/mol. The molecule has 0 amide bonds. The van der Waals surface area contributed by atoms with Crippen LogP contribution in [0.15, 0.2) is 22.6 Å². The molecular weight excluding hydrogens is 304 g/mol. The number of benzene rings is 1. The molecule has 1 aliphatic heterocycles. The monoisotopic (exact) mass is 324 g/mol. The van der Waals surface area contributed by atoms with Gasteiger partial charge >= 0.3 is 0 Å². The Morgan fingerprint density at radius 2 is 2.14 bits per heavy atom. The molecular formula is C15H20N2O4S. The molecule has 0 aliphatic carbocycles. The van der Waals surface area contributed by atoms with Crippen molar-refractivity contribution in [1.82, 2.24) is 0 Å². The Balaban J connectivity index is 2.01. The lowest BCUT2D eigenvalue weighted by atomic mass is 10.1. The minimum absolute atomic E-state index is 0.0296. The van der Waals surface area contributed by atoms with Gasteiger partial charge in [-0.3, -0.25) is 4.79 Å². The van der Waals surface area contributed by atoms with Crippen LogP contribution in [0.25, 0.3) is 0 Å². The molecule has 0 saturated heterocycles. The first kappa shape index (κ1) is 16.5. The molecule has 7 heteroatoms. The van der Waals surface area contributed by atoms with E-state index in [4.69, 9.17) is 10.5 Å². The van der Waals surface area contributed by atoms with E-state index in [-0.39, 0.29) is 17.4 Å². The van der Waals surface area contributed by atoms with E-state index in [2.05, 4.69) is 4.40 Å². The van der Waals surface area contributed by atoms with Crippen LogP contribution < -0.4 is 10.5 Å². The Labute approximate surface area is 130 Å². The zero-order valence-corrected chi connectivity index (χ0v) is 13.4. The number of amidine groups is 1. The van der Waals surface area contributed by atoms with Gasteiger partial charge in [0, 0.05) is 12.8 Å². The van der Waals surface area contributed by atoms with Crippen molar-refractivity contribution in [2.75, 3.05) is 6.61 Å². The number of ketones is 1. The molecule has 120 valence electrons. The Kier molecular flexibility index (Phi) is 5.18. The van der Waals surface area contributed by atoms with E-state index in [0.29, 0.717) is 36.3 Å². The lowest BCUT2D eigenvalue weighted by Crippen LogP contribution is -2.24.